The van der Waals surface area contributed by atoms with Gasteiger partial charge in [0.25, 0.3) is 0 Å². The van der Waals surface area contributed by atoms with Crippen LogP contribution in [0.25, 0.3) is 0 Å². The molecule has 1 aromatic rings. The molecular formula is C14H20N2O3S. The Morgan fingerprint density at radius 1 is 1.40 bits per heavy atom. The Bertz CT molecular complexity index is 598. The lowest BCUT2D eigenvalue weighted by molar-refractivity contribution is -0.120. The summed E-state index contributed by atoms with van der Waals surface area (Å²) in [5.41, 5.74) is 6.19. The Hall–Kier alpha value is -1.40. The minimum Gasteiger partial charge on any atom is -0.330 e. The smallest absolute Gasteiger partial charge is 0.227 e. The molecule has 0 radical (unpaired) electrons. The zero-order chi connectivity index (χ0) is 14.8. The van der Waals surface area contributed by atoms with Crippen LogP contribution in [0, 0.1) is 11.8 Å². The summed E-state index contributed by atoms with van der Waals surface area (Å²) in [6.07, 6.45) is 4.00. The van der Waals surface area contributed by atoms with E-state index in [0.717, 1.165) is 25.5 Å². The van der Waals surface area contributed by atoms with E-state index < -0.39 is 9.84 Å². The lowest BCUT2D eigenvalue weighted by atomic mass is 9.95. The number of carbonyl (C=O) groups excluding carboxylic acids is 1. The average molecular weight is 296 g/mol. The van der Waals surface area contributed by atoms with E-state index in [0.29, 0.717) is 12.2 Å². The molecule has 0 unspecified atom stereocenters. The van der Waals surface area contributed by atoms with Crippen molar-refractivity contribution >= 4 is 21.4 Å². The molecule has 1 fully saturated rings. The Balaban J connectivity index is 2.12. The van der Waals surface area contributed by atoms with Crippen molar-refractivity contribution in [3.63, 3.8) is 0 Å². The molecule has 1 aromatic carbocycles. The first-order valence-electron chi connectivity index (χ1n) is 6.73. The van der Waals surface area contributed by atoms with Gasteiger partial charge in [-0.15, -0.1) is 0 Å². The van der Waals surface area contributed by atoms with Gasteiger partial charge in [0.15, 0.2) is 9.84 Å². The Labute approximate surface area is 119 Å². The van der Waals surface area contributed by atoms with Crippen molar-refractivity contribution in [3.8, 4) is 0 Å². The van der Waals surface area contributed by atoms with Gasteiger partial charge in [-0.1, -0.05) is 12.5 Å². The largest absolute Gasteiger partial charge is 0.330 e. The van der Waals surface area contributed by atoms with Crippen molar-refractivity contribution in [2.45, 2.75) is 24.2 Å². The van der Waals surface area contributed by atoms with E-state index in [4.69, 9.17) is 5.73 Å². The van der Waals surface area contributed by atoms with Crippen molar-refractivity contribution in [2.75, 3.05) is 18.1 Å². The second-order valence-corrected chi connectivity index (χ2v) is 7.34. The van der Waals surface area contributed by atoms with Crippen LogP contribution in [0.15, 0.2) is 29.2 Å². The van der Waals surface area contributed by atoms with Crippen LogP contribution in [-0.4, -0.2) is 27.1 Å². The summed E-state index contributed by atoms with van der Waals surface area (Å²) in [6.45, 7) is 0.515. The number of rotatable bonds is 4. The van der Waals surface area contributed by atoms with Crippen LogP contribution in [-0.2, 0) is 14.6 Å². The van der Waals surface area contributed by atoms with Crippen molar-refractivity contribution in [3.05, 3.63) is 24.3 Å². The molecule has 6 heteroatoms. The average Bonchev–Trinajstić information content (AvgIpc) is 2.86. The summed E-state index contributed by atoms with van der Waals surface area (Å²) < 4.78 is 23.0. The molecule has 2 atom stereocenters. The fourth-order valence-electron chi connectivity index (χ4n) is 2.70. The van der Waals surface area contributed by atoms with Crippen LogP contribution in [0.3, 0.4) is 0 Å². The third-order valence-corrected chi connectivity index (χ3v) is 4.94. The normalized spacial score (nSPS) is 22.7. The third kappa shape index (κ3) is 3.37. The summed E-state index contributed by atoms with van der Waals surface area (Å²) in [5, 5.41) is 2.80. The highest BCUT2D eigenvalue weighted by atomic mass is 32.2. The monoisotopic (exact) mass is 296 g/mol. The van der Waals surface area contributed by atoms with E-state index in [-0.39, 0.29) is 22.6 Å². The predicted octanol–water partition coefficient (Wildman–Crippen LogP) is 1.40. The van der Waals surface area contributed by atoms with Gasteiger partial charge in [-0.3, -0.25) is 4.79 Å². The zero-order valence-corrected chi connectivity index (χ0v) is 12.3. The molecule has 0 bridgehead atoms. The van der Waals surface area contributed by atoms with E-state index in [1.165, 1.54) is 12.1 Å². The van der Waals surface area contributed by atoms with Gasteiger partial charge >= 0.3 is 0 Å². The van der Waals surface area contributed by atoms with Crippen molar-refractivity contribution < 1.29 is 13.2 Å². The Kier molecular flexibility index (Phi) is 4.45. The number of hydrogen-bond acceptors (Lipinski definition) is 4. The molecule has 0 spiro atoms. The maximum atomic E-state index is 12.2. The topological polar surface area (TPSA) is 89.3 Å². The van der Waals surface area contributed by atoms with Crippen LogP contribution in [0.1, 0.15) is 19.3 Å². The van der Waals surface area contributed by atoms with Gasteiger partial charge in [0.05, 0.1) is 4.90 Å². The second kappa shape index (κ2) is 5.93. The molecule has 0 saturated heterocycles. The molecule has 20 heavy (non-hydrogen) atoms. The van der Waals surface area contributed by atoms with Crippen molar-refractivity contribution in [1.82, 2.24) is 0 Å². The number of carbonyl (C=O) groups is 1. The van der Waals surface area contributed by atoms with Gasteiger partial charge < -0.3 is 11.1 Å². The van der Waals surface area contributed by atoms with E-state index >= 15 is 0 Å². The van der Waals surface area contributed by atoms with Gasteiger partial charge in [0.2, 0.25) is 5.91 Å². The number of nitrogens with two attached hydrogens (primary N) is 1. The Morgan fingerprint density at radius 2 is 2.15 bits per heavy atom. The minimum atomic E-state index is -3.27. The molecule has 3 N–H and O–H groups in total. The molecule has 1 saturated carbocycles. The molecule has 1 aliphatic rings. The maximum absolute atomic E-state index is 12.2. The van der Waals surface area contributed by atoms with E-state index in [1.54, 1.807) is 12.1 Å². The van der Waals surface area contributed by atoms with Crippen LogP contribution >= 0.6 is 0 Å². The molecule has 1 amide bonds. The molecule has 1 aliphatic carbocycles. The number of sulfone groups is 1. The van der Waals surface area contributed by atoms with Gasteiger partial charge in [0, 0.05) is 17.9 Å². The lowest BCUT2D eigenvalue weighted by Crippen LogP contribution is -2.29. The molecule has 2 rings (SSSR count). The summed E-state index contributed by atoms with van der Waals surface area (Å²) in [6, 6.07) is 6.32. The predicted molar refractivity (Wildman–Crippen MR) is 78.1 cm³/mol. The molecule has 0 heterocycles. The van der Waals surface area contributed by atoms with Crippen LogP contribution in [0.4, 0.5) is 5.69 Å². The van der Waals surface area contributed by atoms with Gasteiger partial charge in [0.1, 0.15) is 0 Å². The first-order valence-corrected chi connectivity index (χ1v) is 8.62. The van der Waals surface area contributed by atoms with Gasteiger partial charge in [-0.05, 0) is 43.5 Å². The highest BCUT2D eigenvalue weighted by molar-refractivity contribution is 7.90. The first kappa shape index (κ1) is 15.0. The standard InChI is InChI=1S/C14H20N2O3S/c1-20(18,19)12-6-3-5-11(8-12)16-14(17)13-7-2-4-10(13)9-15/h3,5-6,8,10,13H,2,4,7,9,15H2,1H3,(H,16,17)/t10-,13-/m1/s1. The van der Waals surface area contributed by atoms with E-state index in [9.17, 15) is 13.2 Å². The first-order chi connectivity index (χ1) is 9.41. The van der Waals surface area contributed by atoms with Gasteiger partial charge in [-0.2, -0.15) is 0 Å². The van der Waals surface area contributed by atoms with Crippen molar-refractivity contribution in [2.24, 2.45) is 17.6 Å². The second-order valence-electron chi connectivity index (χ2n) is 5.32. The van der Waals surface area contributed by atoms with Crippen LogP contribution in [0.2, 0.25) is 0 Å². The summed E-state index contributed by atoms with van der Waals surface area (Å²) in [5.74, 6) is 0.0959. The summed E-state index contributed by atoms with van der Waals surface area (Å²) in [7, 11) is -3.27. The molecule has 5 nitrogen and oxygen atoms in total. The fourth-order valence-corrected chi connectivity index (χ4v) is 3.37. The molecular weight excluding hydrogens is 276 g/mol. The molecule has 110 valence electrons. The Morgan fingerprint density at radius 3 is 2.80 bits per heavy atom. The lowest BCUT2D eigenvalue weighted by Gasteiger charge is -2.17. The van der Waals surface area contributed by atoms with Crippen molar-refractivity contribution in [1.29, 1.82) is 0 Å². The summed E-state index contributed by atoms with van der Waals surface area (Å²) >= 11 is 0. The highest BCUT2D eigenvalue weighted by Gasteiger charge is 2.31. The highest BCUT2D eigenvalue weighted by Crippen LogP contribution is 2.32. The quantitative estimate of drug-likeness (QED) is 0.879. The zero-order valence-electron chi connectivity index (χ0n) is 11.5. The van der Waals surface area contributed by atoms with Crippen LogP contribution in [0.5, 0.6) is 0 Å². The fraction of sp³-hybridized carbons (Fsp3) is 0.500. The van der Waals surface area contributed by atoms with E-state index in [1.807, 2.05) is 0 Å². The SMILES string of the molecule is CS(=O)(=O)c1cccc(NC(=O)[C@@H]2CCC[C@@H]2CN)c1. The number of benzene rings is 1. The molecule has 0 aliphatic heterocycles. The van der Waals surface area contributed by atoms with Crippen LogP contribution < -0.4 is 11.1 Å². The number of amides is 1. The number of anilines is 1. The molecule has 0 aromatic heterocycles. The minimum absolute atomic E-state index is 0.0661. The number of nitrogens with one attached hydrogen (secondary N) is 1. The van der Waals surface area contributed by atoms with Gasteiger partial charge in [-0.25, -0.2) is 8.42 Å². The third-order valence-electron chi connectivity index (χ3n) is 3.83. The number of hydrogen-bond donors (Lipinski definition) is 2. The summed E-state index contributed by atoms with van der Waals surface area (Å²) in [4.78, 5) is 12.4. The maximum Gasteiger partial charge on any atom is 0.227 e. The van der Waals surface area contributed by atoms with E-state index in [2.05, 4.69) is 5.32 Å².